The molecule has 0 fully saturated rings. The predicted molar refractivity (Wildman–Crippen MR) is 81.6 cm³/mol. The number of nitriles is 1. The smallest absolute Gasteiger partial charge is 0.259 e. The number of carbonyl (C=O) groups excluding carboxylic acids is 1. The highest BCUT2D eigenvalue weighted by Gasteiger charge is 2.25. The molecule has 0 spiro atoms. The zero-order valence-electron chi connectivity index (χ0n) is 12.0. The standard InChI is InChI=1S/C16H16N2O2S/c1-9-3-4-12-13(8-17)16(21-14(12)7-9)18-15(19)11-5-6-20-10(11)2/h5-6,9H,3-4,7H2,1-2H3,(H,18,19)/t9-/m1/s1. The molecule has 1 aliphatic rings. The lowest BCUT2D eigenvalue weighted by atomic mass is 9.88. The summed E-state index contributed by atoms with van der Waals surface area (Å²) >= 11 is 1.54. The first-order valence-electron chi connectivity index (χ1n) is 7.00. The summed E-state index contributed by atoms with van der Waals surface area (Å²) in [5, 5.41) is 13.0. The Balaban J connectivity index is 1.91. The van der Waals surface area contributed by atoms with Crippen LogP contribution in [0.2, 0.25) is 0 Å². The lowest BCUT2D eigenvalue weighted by Crippen LogP contribution is -2.12. The second-order valence-corrected chi connectivity index (χ2v) is 6.62. The molecule has 1 amide bonds. The maximum Gasteiger partial charge on any atom is 0.259 e. The van der Waals surface area contributed by atoms with Gasteiger partial charge >= 0.3 is 0 Å². The number of nitrogens with one attached hydrogen (secondary N) is 1. The summed E-state index contributed by atoms with van der Waals surface area (Å²) in [5.41, 5.74) is 2.27. The van der Waals surface area contributed by atoms with Crippen LogP contribution in [0.1, 0.15) is 45.5 Å². The Morgan fingerprint density at radius 3 is 3.05 bits per heavy atom. The molecule has 0 bridgehead atoms. The average molecular weight is 300 g/mol. The van der Waals surface area contributed by atoms with Crippen LogP contribution in [0.5, 0.6) is 0 Å². The van der Waals surface area contributed by atoms with Crippen LogP contribution in [-0.2, 0) is 12.8 Å². The topological polar surface area (TPSA) is 66.0 Å². The fraction of sp³-hybridized carbons (Fsp3) is 0.375. The average Bonchev–Trinajstić information content (AvgIpc) is 3.01. The Morgan fingerprint density at radius 1 is 1.57 bits per heavy atom. The van der Waals surface area contributed by atoms with E-state index in [1.165, 1.54) is 22.5 Å². The van der Waals surface area contributed by atoms with E-state index in [4.69, 9.17) is 4.42 Å². The number of anilines is 1. The predicted octanol–water partition coefficient (Wildman–Crippen LogP) is 3.90. The van der Waals surface area contributed by atoms with Crippen LogP contribution in [-0.4, -0.2) is 5.91 Å². The van der Waals surface area contributed by atoms with Crippen molar-refractivity contribution in [2.75, 3.05) is 5.32 Å². The molecule has 2 heterocycles. The normalized spacial score (nSPS) is 17.1. The Hall–Kier alpha value is -2.06. The molecular formula is C16H16N2O2S. The molecule has 4 nitrogen and oxygen atoms in total. The number of furan rings is 1. The van der Waals surface area contributed by atoms with Crippen LogP contribution >= 0.6 is 11.3 Å². The number of fused-ring (bicyclic) bond motifs is 1. The molecule has 0 aromatic carbocycles. The van der Waals surface area contributed by atoms with E-state index < -0.39 is 0 Å². The van der Waals surface area contributed by atoms with Gasteiger partial charge in [-0.05, 0) is 43.7 Å². The van der Waals surface area contributed by atoms with Gasteiger partial charge in [-0.25, -0.2) is 0 Å². The highest BCUT2D eigenvalue weighted by atomic mass is 32.1. The molecule has 1 atom stereocenters. The third-order valence-corrected chi connectivity index (χ3v) is 5.12. The number of rotatable bonds is 2. The summed E-state index contributed by atoms with van der Waals surface area (Å²) in [7, 11) is 0. The second kappa shape index (κ2) is 5.38. The summed E-state index contributed by atoms with van der Waals surface area (Å²) < 4.78 is 5.15. The molecule has 0 radical (unpaired) electrons. The van der Waals surface area contributed by atoms with Gasteiger partial charge in [-0.3, -0.25) is 4.79 Å². The third-order valence-electron chi connectivity index (χ3n) is 3.95. The maximum atomic E-state index is 12.3. The number of hydrogen-bond donors (Lipinski definition) is 1. The Morgan fingerprint density at radius 2 is 2.38 bits per heavy atom. The zero-order valence-corrected chi connectivity index (χ0v) is 12.8. The van der Waals surface area contributed by atoms with E-state index >= 15 is 0 Å². The molecule has 1 aliphatic carbocycles. The fourth-order valence-electron chi connectivity index (χ4n) is 2.75. The number of nitrogens with zero attached hydrogens (tertiary/aromatic N) is 1. The van der Waals surface area contributed by atoms with Crippen LogP contribution in [0.4, 0.5) is 5.00 Å². The first-order valence-corrected chi connectivity index (χ1v) is 7.82. The number of carbonyl (C=O) groups is 1. The molecule has 2 aromatic rings. The Kier molecular flexibility index (Phi) is 3.56. The summed E-state index contributed by atoms with van der Waals surface area (Å²) in [6, 6.07) is 3.90. The largest absolute Gasteiger partial charge is 0.469 e. The van der Waals surface area contributed by atoms with Gasteiger partial charge in [0.1, 0.15) is 16.8 Å². The Bertz CT molecular complexity index is 736. The maximum absolute atomic E-state index is 12.3. The van der Waals surface area contributed by atoms with E-state index in [1.807, 2.05) is 0 Å². The van der Waals surface area contributed by atoms with Crippen LogP contribution in [0.3, 0.4) is 0 Å². The monoisotopic (exact) mass is 300 g/mol. The number of thiophene rings is 1. The number of hydrogen-bond acceptors (Lipinski definition) is 4. The number of aryl methyl sites for hydroxylation is 1. The van der Waals surface area contributed by atoms with Crippen molar-refractivity contribution in [1.82, 2.24) is 0 Å². The zero-order chi connectivity index (χ0) is 15.0. The second-order valence-electron chi connectivity index (χ2n) is 5.51. The van der Waals surface area contributed by atoms with Crippen molar-refractivity contribution in [3.8, 4) is 6.07 Å². The van der Waals surface area contributed by atoms with E-state index in [2.05, 4.69) is 18.3 Å². The van der Waals surface area contributed by atoms with E-state index in [0.717, 1.165) is 24.8 Å². The van der Waals surface area contributed by atoms with Crippen molar-refractivity contribution >= 4 is 22.2 Å². The SMILES string of the molecule is Cc1occc1C(=O)Nc1sc2c(c1C#N)CC[C@@H](C)C2. The van der Waals surface area contributed by atoms with Crippen LogP contribution < -0.4 is 5.32 Å². The molecule has 0 saturated heterocycles. The van der Waals surface area contributed by atoms with Gasteiger partial charge in [-0.1, -0.05) is 6.92 Å². The van der Waals surface area contributed by atoms with Gasteiger partial charge in [0.2, 0.25) is 0 Å². The highest BCUT2D eigenvalue weighted by Crippen LogP contribution is 2.39. The van der Waals surface area contributed by atoms with E-state index in [-0.39, 0.29) is 5.91 Å². The summed E-state index contributed by atoms with van der Waals surface area (Å²) in [4.78, 5) is 13.5. The summed E-state index contributed by atoms with van der Waals surface area (Å²) in [6.45, 7) is 3.98. The van der Waals surface area contributed by atoms with Gasteiger partial charge in [0, 0.05) is 4.88 Å². The van der Waals surface area contributed by atoms with E-state index in [9.17, 15) is 10.1 Å². The number of amides is 1. The van der Waals surface area contributed by atoms with Crippen molar-refractivity contribution in [3.63, 3.8) is 0 Å². The van der Waals surface area contributed by atoms with Crippen molar-refractivity contribution in [1.29, 1.82) is 5.26 Å². The van der Waals surface area contributed by atoms with Crippen molar-refractivity contribution in [2.24, 2.45) is 5.92 Å². The molecule has 2 aromatic heterocycles. The molecule has 1 N–H and O–H groups in total. The van der Waals surface area contributed by atoms with Gasteiger partial charge in [0.15, 0.2) is 0 Å². The van der Waals surface area contributed by atoms with Gasteiger partial charge in [-0.2, -0.15) is 5.26 Å². The van der Waals surface area contributed by atoms with Gasteiger partial charge in [0.05, 0.1) is 17.4 Å². The lowest BCUT2D eigenvalue weighted by Gasteiger charge is -2.17. The van der Waals surface area contributed by atoms with Gasteiger partial charge in [-0.15, -0.1) is 11.3 Å². The molecule has 0 saturated carbocycles. The summed E-state index contributed by atoms with van der Waals surface area (Å²) in [5.74, 6) is 1.01. The van der Waals surface area contributed by atoms with E-state index in [1.54, 1.807) is 13.0 Å². The molecule has 5 heteroatoms. The minimum absolute atomic E-state index is 0.218. The molecule has 3 rings (SSSR count). The molecule has 0 aliphatic heterocycles. The van der Waals surface area contributed by atoms with Crippen LogP contribution in [0.25, 0.3) is 0 Å². The van der Waals surface area contributed by atoms with Crippen LogP contribution in [0, 0.1) is 24.2 Å². The molecule has 108 valence electrons. The highest BCUT2D eigenvalue weighted by molar-refractivity contribution is 7.16. The minimum atomic E-state index is -0.218. The van der Waals surface area contributed by atoms with Gasteiger partial charge in [0.25, 0.3) is 5.91 Å². The van der Waals surface area contributed by atoms with Crippen LogP contribution in [0.15, 0.2) is 16.7 Å². The van der Waals surface area contributed by atoms with Crippen molar-refractivity contribution in [3.05, 3.63) is 39.7 Å². The first kappa shape index (κ1) is 13.9. The first-order chi connectivity index (χ1) is 10.1. The molecular weight excluding hydrogens is 284 g/mol. The molecule has 21 heavy (non-hydrogen) atoms. The van der Waals surface area contributed by atoms with Crippen molar-refractivity contribution in [2.45, 2.75) is 33.1 Å². The van der Waals surface area contributed by atoms with Crippen molar-refractivity contribution < 1.29 is 9.21 Å². The fourth-order valence-corrected chi connectivity index (χ4v) is 4.10. The molecule has 0 unspecified atom stereocenters. The van der Waals surface area contributed by atoms with E-state index in [0.29, 0.717) is 27.8 Å². The Labute approximate surface area is 127 Å². The lowest BCUT2D eigenvalue weighted by molar-refractivity contribution is 0.102. The third kappa shape index (κ3) is 2.47. The van der Waals surface area contributed by atoms with Gasteiger partial charge < -0.3 is 9.73 Å². The quantitative estimate of drug-likeness (QED) is 0.914. The summed E-state index contributed by atoms with van der Waals surface area (Å²) in [6.07, 6.45) is 4.52. The minimum Gasteiger partial charge on any atom is -0.469 e.